The third kappa shape index (κ3) is 3.52. The van der Waals surface area contributed by atoms with Crippen LogP contribution in [-0.2, 0) is 28.7 Å². The molecule has 1 N–H and O–H groups in total. The molecule has 0 unspecified atom stereocenters. The second-order valence-electron chi connectivity index (χ2n) is 11.5. The molecule has 4 rings (SSSR count). The zero-order valence-corrected chi connectivity index (χ0v) is 22.1. The van der Waals surface area contributed by atoms with Gasteiger partial charge in [0, 0.05) is 35.5 Å². The number of Topliss-reactive ketones (excluding diaryl/α,β-unsaturated/α-hetero) is 1. The number of carbonyl (C=O) groups excluding carboxylic acids is 4. The number of esters is 2. The number of ketones is 2. The van der Waals surface area contributed by atoms with Gasteiger partial charge in [-0.3, -0.25) is 19.2 Å². The molecule has 0 aromatic carbocycles. The molecule has 37 heavy (non-hydrogen) atoms. The van der Waals surface area contributed by atoms with Crippen molar-refractivity contribution < 1.29 is 42.5 Å². The number of carbonyl (C=O) groups is 4. The van der Waals surface area contributed by atoms with Gasteiger partial charge in [-0.2, -0.15) is 0 Å². The number of hydrogen-bond acceptors (Lipinski definition) is 7. The van der Waals surface area contributed by atoms with Crippen molar-refractivity contribution in [3.63, 3.8) is 0 Å². The largest absolute Gasteiger partial charge is 0.457 e. The molecule has 4 aliphatic rings. The van der Waals surface area contributed by atoms with Crippen LogP contribution >= 0.6 is 0 Å². The minimum atomic E-state index is -2.30. The molecule has 0 aromatic heterocycles. The molecular formula is C28H36F2O7. The van der Waals surface area contributed by atoms with Gasteiger partial charge < -0.3 is 14.6 Å². The molecule has 9 heteroatoms. The maximum absolute atomic E-state index is 17.4. The molecular weight excluding hydrogens is 486 g/mol. The number of allylic oxidation sites excluding steroid dienone is 4. The maximum atomic E-state index is 17.4. The number of alkyl halides is 1. The van der Waals surface area contributed by atoms with Gasteiger partial charge in [0.1, 0.15) is 0 Å². The molecule has 8 atom stereocenters. The number of rotatable bonds is 6. The van der Waals surface area contributed by atoms with E-state index in [0.717, 1.165) is 6.08 Å². The Balaban J connectivity index is 1.82. The van der Waals surface area contributed by atoms with E-state index in [1.54, 1.807) is 27.7 Å². The summed E-state index contributed by atoms with van der Waals surface area (Å²) in [6.45, 7) is 7.60. The van der Waals surface area contributed by atoms with Crippen LogP contribution in [0.3, 0.4) is 0 Å². The predicted molar refractivity (Wildman–Crippen MR) is 128 cm³/mol. The van der Waals surface area contributed by atoms with Crippen molar-refractivity contribution in [2.24, 2.45) is 28.6 Å². The van der Waals surface area contributed by atoms with Crippen molar-refractivity contribution in [1.82, 2.24) is 0 Å². The lowest BCUT2D eigenvalue weighted by molar-refractivity contribution is -0.228. The number of fused-ring (bicyclic) bond motifs is 5. The summed E-state index contributed by atoms with van der Waals surface area (Å²) in [6, 6.07) is 0. The topological polar surface area (TPSA) is 107 Å². The number of aliphatic hydroxyl groups is 1. The summed E-state index contributed by atoms with van der Waals surface area (Å²) in [5.41, 5.74) is -6.69. The van der Waals surface area contributed by atoms with E-state index in [9.17, 15) is 28.7 Å². The van der Waals surface area contributed by atoms with Crippen LogP contribution < -0.4 is 0 Å². The first kappa shape index (κ1) is 27.6. The summed E-state index contributed by atoms with van der Waals surface area (Å²) < 4.78 is 43.3. The molecule has 0 aromatic rings. The molecule has 3 saturated carbocycles. The minimum absolute atomic E-state index is 0.000596. The third-order valence-corrected chi connectivity index (χ3v) is 9.90. The van der Waals surface area contributed by atoms with E-state index in [0.29, 0.717) is 6.42 Å². The van der Waals surface area contributed by atoms with Gasteiger partial charge in [0.25, 0.3) is 0 Å². The van der Waals surface area contributed by atoms with Gasteiger partial charge in [-0.25, -0.2) is 8.78 Å². The Morgan fingerprint density at radius 2 is 1.78 bits per heavy atom. The normalized spacial score (nSPS) is 42.5. The predicted octanol–water partition coefficient (Wildman–Crippen LogP) is 4.11. The van der Waals surface area contributed by atoms with Crippen LogP contribution in [-0.4, -0.2) is 52.6 Å². The molecule has 0 saturated heterocycles. The zero-order valence-electron chi connectivity index (χ0n) is 22.1. The first-order chi connectivity index (χ1) is 17.2. The van der Waals surface area contributed by atoms with Gasteiger partial charge in [0.2, 0.25) is 11.6 Å². The second-order valence-corrected chi connectivity index (χ2v) is 11.5. The lowest BCUT2D eigenvalue weighted by Gasteiger charge is -2.62. The lowest BCUT2D eigenvalue weighted by Crippen LogP contribution is -2.70. The van der Waals surface area contributed by atoms with E-state index in [1.807, 2.05) is 0 Å². The Morgan fingerprint density at radius 1 is 1.14 bits per heavy atom. The van der Waals surface area contributed by atoms with E-state index >= 15 is 4.39 Å². The quantitative estimate of drug-likeness (QED) is 0.523. The van der Waals surface area contributed by atoms with E-state index in [4.69, 9.17) is 9.47 Å². The van der Waals surface area contributed by atoms with Gasteiger partial charge in [-0.15, -0.1) is 0 Å². The summed E-state index contributed by atoms with van der Waals surface area (Å²) in [4.78, 5) is 50.3. The van der Waals surface area contributed by atoms with Crippen molar-refractivity contribution in [3.8, 4) is 0 Å². The van der Waals surface area contributed by atoms with Crippen LogP contribution in [0.15, 0.2) is 23.6 Å². The molecule has 7 nitrogen and oxygen atoms in total. The second kappa shape index (κ2) is 9.10. The first-order valence-electron chi connectivity index (χ1n) is 13.1. The fourth-order valence-electron chi connectivity index (χ4n) is 8.08. The van der Waals surface area contributed by atoms with Gasteiger partial charge in [0.15, 0.2) is 23.7 Å². The van der Waals surface area contributed by atoms with Crippen molar-refractivity contribution in [1.29, 1.82) is 0 Å². The van der Waals surface area contributed by atoms with Crippen LogP contribution in [0.1, 0.15) is 73.1 Å². The van der Waals surface area contributed by atoms with Gasteiger partial charge in [-0.1, -0.05) is 33.8 Å². The average Bonchev–Trinajstić information content (AvgIpc) is 3.07. The van der Waals surface area contributed by atoms with Crippen LogP contribution in [0.2, 0.25) is 0 Å². The van der Waals surface area contributed by atoms with Crippen LogP contribution in [0, 0.1) is 28.6 Å². The summed E-state index contributed by atoms with van der Waals surface area (Å²) in [5.74, 6) is -5.42. The van der Waals surface area contributed by atoms with Gasteiger partial charge in [-0.05, 0) is 50.2 Å². The SMILES string of the molecule is CCC(=O)OCC(=O)[C@]1(OC(=O)CC)[C@@H](C)C[C@H]2[C@@H]3CCC4=C(F)C(=O)C=C[C@]4(C)[C@@]3(F)[C@@H](O)C[C@@]21C. The van der Waals surface area contributed by atoms with Gasteiger partial charge >= 0.3 is 11.9 Å². The molecule has 0 bridgehead atoms. The smallest absolute Gasteiger partial charge is 0.306 e. The van der Waals surface area contributed by atoms with Crippen LogP contribution in [0.5, 0.6) is 0 Å². The fraction of sp³-hybridized carbons (Fsp3) is 0.714. The van der Waals surface area contributed by atoms with E-state index in [1.165, 1.54) is 13.0 Å². The Hall–Kier alpha value is -2.42. The highest BCUT2D eigenvalue weighted by Crippen LogP contribution is 2.71. The number of ether oxygens (including phenoxy) is 2. The van der Waals surface area contributed by atoms with Crippen LogP contribution in [0.25, 0.3) is 0 Å². The first-order valence-corrected chi connectivity index (χ1v) is 13.1. The standard InChI is InChI=1S/C28H36F2O7/c1-6-22(34)36-14-21(33)28(37-23(35)7-2)15(3)12-18-16-8-9-17-24(29)19(31)10-11-25(17,4)27(16,30)20(32)13-26(18,28)5/h10-11,15-16,18,20,32H,6-9,12-14H2,1-5H3/t15-,16-,18-,20-,25-,26-,27-,28+/m0/s1. The molecule has 204 valence electrons. The highest BCUT2D eigenvalue weighted by atomic mass is 19.1. The van der Waals surface area contributed by atoms with Crippen molar-refractivity contribution in [2.45, 2.75) is 90.5 Å². The number of aliphatic hydroxyl groups excluding tert-OH is 1. The molecule has 0 radical (unpaired) electrons. The Kier molecular flexibility index (Phi) is 6.79. The molecule has 0 aliphatic heterocycles. The summed E-state index contributed by atoms with van der Waals surface area (Å²) in [6.07, 6.45) is 1.21. The van der Waals surface area contributed by atoms with Crippen molar-refractivity contribution in [3.05, 3.63) is 23.6 Å². The fourth-order valence-corrected chi connectivity index (χ4v) is 8.08. The minimum Gasteiger partial charge on any atom is -0.457 e. The van der Waals surface area contributed by atoms with E-state index in [2.05, 4.69) is 0 Å². The van der Waals surface area contributed by atoms with Gasteiger partial charge in [0.05, 0.1) is 6.10 Å². The summed E-state index contributed by atoms with van der Waals surface area (Å²) in [5, 5.41) is 11.5. The highest BCUT2D eigenvalue weighted by molar-refractivity contribution is 6.04. The molecule has 3 fully saturated rings. The van der Waals surface area contributed by atoms with Crippen molar-refractivity contribution >= 4 is 23.5 Å². The van der Waals surface area contributed by atoms with E-state index < -0.39 is 81.9 Å². The summed E-state index contributed by atoms with van der Waals surface area (Å²) >= 11 is 0. The number of hydrogen-bond donors (Lipinski definition) is 1. The van der Waals surface area contributed by atoms with Crippen LogP contribution in [0.4, 0.5) is 8.78 Å². The molecule has 4 aliphatic carbocycles. The summed E-state index contributed by atoms with van der Waals surface area (Å²) in [7, 11) is 0. The third-order valence-electron chi connectivity index (χ3n) is 9.90. The van der Waals surface area contributed by atoms with E-state index in [-0.39, 0.29) is 37.7 Å². The Morgan fingerprint density at radius 3 is 2.41 bits per heavy atom. The zero-order chi connectivity index (χ0) is 27.6. The Bertz CT molecular complexity index is 1100. The molecule has 0 spiro atoms. The number of halogens is 2. The maximum Gasteiger partial charge on any atom is 0.306 e. The monoisotopic (exact) mass is 522 g/mol. The van der Waals surface area contributed by atoms with Crippen molar-refractivity contribution in [2.75, 3.05) is 6.61 Å². The Labute approximate surface area is 215 Å². The highest BCUT2D eigenvalue weighted by Gasteiger charge is 2.77. The lowest BCUT2D eigenvalue weighted by atomic mass is 9.44. The molecule has 0 heterocycles. The molecule has 0 amide bonds. The average molecular weight is 523 g/mol.